The molecule has 1 aromatic carbocycles. The molecule has 1 fully saturated rings. The second-order valence-corrected chi connectivity index (χ2v) is 10.3. The number of piperazine rings is 1. The largest absolute Gasteiger partial charge is 0.497 e. The highest BCUT2D eigenvalue weighted by Gasteiger charge is 2.24. The zero-order valence-corrected chi connectivity index (χ0v) is 19.8. The van der Waals surface area contributed by atoms with E-state index < -0.39 is 10.0 Å². The van der Waals surface area contributed by atoms with Crippen LogP contribution in [-0.2, 0) is 23.1 Å². The van der Waals surface area contributed by atoms with Gasteiger partial charge in [0.15, 0.2) is 5.65 Å². The number of pyridine rings is 1. The Labute approximate surface area is 196 Å². The number of ether oxygens (including phenoxy) is 1. The third-order valence-corrected chi connectivity index (χ3v) is 7.38. The van der Waals surface area contributed by atoms with E-state index in [-0.39, 0.29) is 5.69 Å². The Morgan fingerprint density at radius 3 is 2.38 bits per heavy atom. The van der Waals surface area contributed by atoms with Crippen molar-refractivity contribution < 1.29 is 13.2 Å². The molecule has 1 aliphatic heterocycles. The molecular formula is C22H25N7O4S. The van der Waals surface area contributed by atoms with Crippen LogP contribution < -0.4 is 10.4 Å². The summed E-state index contributed by atoms with van der Waals surface area (Å²) in [7, 11) is -1.57. The summed E-state index contributed by atoms with van der Waals surface area (Å²) < 4.78 is 33.2. The van der Waals surface area contributed by atoms with Crippen molar-refractivity contribution in [1.29, 1.82) is 0 Å². The predicted molar refractivity (Wildman–Crippen MR) is 126 cm³/mol. The van der Waals surface area contributed by atoms with Crippen LogP contribution in [0, 0.1) is 0 Å². The standard InChI is InChI=1S/C22H25N7O4S/c1-33-18-6-3-16(4-7-18)13-28-21-19(20-23-15-24-29(20)22(28)30)8-5-17(25-21)14-26-9-11-27(12-10-26)34(2,31)32/h3-8,15H,9-14H2,1-2H3. The van der Waals surface area contributed by atoms with E-state index in [2.05, 4.69) is 15.0 Å². The van der Waals surface area contributed by atoms with Gasteiger partial charge in [0.1, 0.15) is 17.7 Å². The minimum absolute atomic E-state index is 0.317. The zero-order chi connectivity index (χ0) is 23.9. The Hall–Kier alpha value is -3.35. The molecule has 11 nitrogen and oxygen atoms in total. The van der Waals surface area contributed by atoms with Gasteiger partial charge in [-0.25, -0.2) is 23.2 Å². The van der Waals surface area contributed by atoms with E-state index in [4.69, 9.17) is 9.72 Å². The number of sulfonamides is 1. The van der Waals surface area contributed by atoms with Crippen molar-refractivity contribution in [2.24, 2.45) is 0 Å². The van der Waals surface area contributed by atoms with Crippen LogP contribution >= 0.6 is 0 Å². The molecule has 0 N–H and O–H groups in total. The normalized spacial score (nSPS) is 15.8. The topological polar surface area (TPSA) is 115 Å². The number of benzene rings is 1. The Balaban J connectivity index is 1.49. The maximum atomic E-state index is 13.2. The molecule has 0 unspecified atom stereocenters. The molecule has 34 heavy (non-hydrogen) atoms. The minimum atomic E-state index is -3.18. The second-order valence-electron chi connectivity index (χ2n) is 8.32. The van der Waals surface area contributed by atoms with Crippen molar-refractivity contribution >= 4 is 26.7 Å². The van der Waals surface area contributed by atoms with Crippen molar-refractivity contribution in [2.75, 3.05) is 39.5 Å². The van der Waals surface area contributed by atoms with Crippen LogP contribution in [0.5, 0.6) is 5.75 Å². The fourth-order valence-electron chi connectivity index (χ4n) is 4.23. The fourth-order valence-corrected chi connectivity index (χ4v) is 5.06. The van der Waals surface area contributed by atoms with E-state index in [1.165, 1.54) is 21.4 Å². The second kappa shape index (κ2) is 8.78. The Morgan fingerprint density at radius 1 is 0.971 bits per heavy atom. The van der Waals surface area contributed by atoms with Gasteiger partial charge >= 0.3 is 5.69 Å². The summed E-state index contributed by atoms with van der Waals surface area (Å²) in [4.78, 5) is 24.5. The lowest BCUT2D eigenvalue weighted by Gasteiger charge is -2.32. The lowest BCUT2D eigenvalue weighted by Crippen LogP contribution is -2.47. The first-order chi connectivity index (χ1) is 16.3. The van der Waals surface area contributed by atoms with Crippen molar-refractivity contribution in [2.45, 2.75) is 13.1 Å². The van der Waals surface area contributed by atoms with Crippen LogP contribution in [-0.4, -0.2) is 81.3 Å². The van der Waals surface area contributed by atoms with Gasteiger partial charge in [-0.1, -0.05) is 12.1 Å². The smallest absolute Gasteiger partial charge is 0.352 e. The van der Waals surface area contributed by atoms with E-state index >= 15 is 0 Å². The maximum absolute atomic E-state index is 13.2. The number of rotatable bonds is 6. The van der Waals surface area contributed by atoms with Crippen LogP contribution in [0.25, 0.3) is 16.7 Å². The molecule has 178 valence electrons. The minimum Gasteiger partial charge on any atom is -0.497 e. The van der Waals surface area contributed by atoms with E-state index in [1.54, 1.807) is 11.7 Å². The first-order valence-electron chi connectivity index (χ1n) is 10.9. The van der Waals surface area contributed by atoms with Crippen molar-refractivity contribution in [3.63, 3.8) is 0 Å². The molecule has 0 spiro atoms. The number of methoxy groups -OCH3 is 1. The predicted octanol–water partition coefficient (Wildman–Crippen LogP) is 0.573. The Morgan fingerprint density at radius 2 is 1.71 bits per heavy atom. The summed E-state index contributed by atoms with van der Waals surface area (Å²) in [6.45, 7) is 3.02. The lowest BCUT2D eigenvalue weighted by atomic mass is 10.2. The molecule has 5 rings (SSSR count). The summed E-state index contributed by atoms with van der Waals surface area (Å²) >= 11 is 0. The van der Waals surface area contributed by atoms with Gasteiger partial charge in [-0.05, 0) is 29.8 Å². The highest BCUT2D eigenvalue weighted by atomic mass is 32.2. The van der Waals surface area contributed by atoms with E-state index in [0.29, 0.717) is 50.6 Å². The molecule has 0 bridgehead atoms. The van der Waals surface area contributed by atoms with Gasteiger partial charge in [0.05, 0.1) is 31.0 Å². The van der Waals surface area contributed by atoms with Gasteiger partial charge < -0.3 is 4.74 Å². The Bertz CT molecular complexity index is 1500. The average molecular weight is 484 g/mol. The molecule has 12 heteroatoms. The van der Waals surface area contributed by atoms with Gasteiger partial charge in [0.25, 0.3) is 0 Å². The molecule has 0 radical (unpaired) electrons. The van der Waals surface area contributed by atoms with Crippen molar-refractivity contribution in [3.8, 4) is 5.75 Å². The van der Waals surface area contributed by atoms with Gasteiger partial charge in [-0.15, -0.1) is 0 Å². The molecule has 4 aromatic rings. The summed E-state index contributed by atoms with van der Waals surface area (Å²) in [5.74, 6) is 0.740. The van der Waals surface area contributed by atoms with Gasteiger partial charge in [0.2, 0.25) is 10.0 Å². The number of hydrogen-bond acceptors (Lipinski definition) is 8. The third-order valence-electron chi connectivity index (χ3n) is 6.07. The first kappa shape index (κ1) is 22.4. The molecule has 0 atom stereocenters. The number of hydrogen-bond donors (Lipinski definition) is 0. The molecule has 4 heterocycles. The highest BCUT2D eigenvalue weighted by Crippen LogP contribution is 2.19. The molecule has 1 aliphatic rings. The van der Waals surface area contributed by atoms with Crippen LogP contribution in [0.1, 0.15) is 11.3 Å². The summed E-state index contributed by atoms with van der Waals surface area (Å²) in [5, 5.41) is 4.84. The molecule has 0 amide bonds. The Kier molecular flexibility index (Phi) is 5.80. The van der Waals surface area contributed by atoms with Crippen LogP contribution in [0.3, 0.4) is 0 Å². The molecule has 1 saturated heterocycles. The summed E-state index contributed by atoms with van der Waals surface area (Å²) in [6, 6.07) is 11.4. The number of aromatic nitrogens is 5. The van der Waals surface area contributed by atoms with E-state index in [9.17, 15) is 13.2 Å². The molecular weight excluding hydrogens is 458 g/mol. The van der Waals surface area contributed by atoms with E-state index in [1.807, 2.05) is 36.4 Å². The number of nitrogens with zero attached hydrogens (tertiary/aromatic N) is 7. The van der Waals surface area contributed by atoms with Crippen LogP contribution in [0.2, 0.25) is 0 Å². The van der Waals surface area contributed by atoms with Gasteiger partial charge in [-0.2, -0.15) is 13.9 Å². The fraction of sp³-hybridized carbons (Fsp3) is 0.364. The molecule has 0 saturated carbocycles. The van der Waals surface area contributed by atoms with Crippen LogP contribution in [0.4, 0.5) is 0 Å². The summed E-state index contributed by atoms with van der Waals surface area (Å²) in [5.41, 5.74) is 2.41. The quantitative estimate of drug-likeness (QED) is 0.391. The molecule has 3 aromatic heterocycles. The molecule has 0 aliphatic carbocycles. The first-order valence-corrected chi connectivity index (χ1v) is 12.7. The SMILES string of the molecule is COc1ccc(Cn2c(=O)n3ncnc3c3ccc(CN4CCN(S(C)(=O)=O)CC4)nc32)cc1. The van der Waals surface area contributed by atoms with Crippen LogP contribution in [0.15, 0.2) is 47.5 Å². The van der Waals surface area contributed by atoms with Crippen molar-refractivity contribution in [3.05, 3.63) is 64.5 Å². The van der Waals surface area contributed by atoms with Crippen molar-refractivity contribution in [1.82, 2.24) is 33.4 Å². The zero-order valence-electron chi connectivity index (χ0n) is 19.0. The monoisotopic (exact) mass is 483 g/mol. The van der Waals surface area contributed by atoms with Gasteiger partial charge in [-0.3, -0.25) is 9.47 Å². The average Bonchev–Trinajstić information content (AvgIpc) is 3.32. The third kappa shape index (κ3) is 4.27. The highest BCUT2D eigenvalue weighted by molar-refractivity contribution is 7.88. The maximum Gasteiger partial charge on any atom is 0.352 e. The van der Waals surface area contributed by atoms with E-state index in [0.717, 1.165) is 22.4 Å². The lowest BCUT2D eigenvalue weighted by molar-refractivity contribution is 0.180. The number of fused-ring (bicyclic) bond motifs is 3. The summed E-state index contributed by atoms with van der Waals surface area (Å²) in [6.07, 6.45) is 2.60. The van der Waals surface area contributed by atoms with Gasteiger partial charge in [0, 0.05) is 32.7 Å².